The zero-order valence-corrected chi connectivity index (χ0v) is 17.8. The third-order valence-corrected chi connectivity index (χ3v) is 8.57. The van der Waals surface area contributed by atoms with Gasteiger partial charge in [0.05, 0.1) is 8.07 Å². The molecule has 0 fully saturated rings. The number of alkyl halides is 1. The molecule has 1 unspecified atom stereocenters. The van der Waals surface area contributed by atoms with Gasteiger partial charge in [0.2, 0.25) is 0 Å². The van der Waals surface area contributed by atoms with Crippen molar-refractivity contribution in [2.45, 2.75) is 36.8 Å². The van der Waals surface area contributed by atoms with Crippen LogP contribution in [0.15, 0.2) is 36.4 Å². The van der Waals surface area contributed by atoms with Crippen molar-refractivity contribution in [3.05, 3.63) is 53.1 Å². The highest BCUT2D eigenvalue weighted by molar-refractivity contribution is 9.09. The van der Waals surface area contributed by atoms with E-state index < -0.39 is 13.3 Å². The molecule has 2 aromatic rings. The number of rotatable bonds is 2. The van der Waals surface area contributed by atoms with E-state index in [2.05, 4.69) is 41.2 Å². The summed E-state index contributed by atoms with van der Waals surface area (Å²) < 4.78 is 11.0. The maximum Gasteiger partial charge on any atom is 0.298 e. The molecule has 0 radical (unpaired) electrons. The second-order valence-corrected chi connectivity index (χ2v) is 13.8. The van der Waals surface area contributed by atoms with Crippen molar-refractivity contribution in [3.63, 3.8) is 0 Å². The topological polar surface area (TPSA) is 38.8 Å². The van der Waals surface area contributed by atoms with Crippen molar-refractivity contribution in [3.8, 4) is 11.5 Å². The molecule has 2 aliphatic heterocycles. The van der Waals surface area contributed by atoms with Crippen molar-refractivity contribution < 1.29 is 14.3 Å². The third-order valence-electron chi connectivity index (χ3n) is 5.25. The van der Waals surface area contributed by atoms with Crippen LogP contribution in [0.3, 0.4) is 0 Å². The molecule has 4 nitrogen and oxygen atoms in total. The largest absolute Gasteiger partial charge is 0.441 e. The Kier molecular flexibility index (Phi) is 4.35. The van der Waals surface area contributed by atoms with Gasteiger partial charge in [-0.15, -0.1) is 0 Å². The molecule has 0 saturated carbocycles. The quantitative estimate of drug-likeness (QED) is 0.508. The predicted octanol–water partition coefficient (Wildman–Crippen LogP) is 4.76. The molecule has 1 amide bonds. The fraction of sp³-hybridized carbons (Fsp3) is 0.350. The van der Waals surface area contributed by atoms with Crippen LogP contribution < -0.4 is 14.4 Å². The van der Waals surface area contributed by atoms with Gasteiger partial charge in [-0.3, -0.25) is 4.79 Å². The van der Waals surface area contributed by atoms with Crippen molar-refractivity contribution in [1.29, 1.82) is 0 Å². The van der Waals surface area contributed by atoms with Crippen molar-refractivity contribution >= 4 is 35.6 Å². The molecule has 6 heteroatoms. The second kappa shape index (κ2) is 6.42. The molecule has 1 atom stereocenters. The van der Waals surface area contributed by atoms with E-state index in [1.54, 1.807) is 11.9 Å². The van der Waals surface area contributed by atoms with E-state index >= 15 is 0 Å². The minimum atomic E-state index is -1.10. The van der Waals surface area contributed by atoms with Crippen LogP contribution in [0, 0.1) is 0 Å². The minimum Gasteiger partial charge on any atom is -0.441 e. The molecular weight excluding hydrogens is 410 g/mol. The maximum absolute atomic E-state index is 13.0. The number of benzene rings is 2. The van der Waals surface area contributed by atoms with Crippen LogP contribution in [0.2, 0.25) is 19.1 Å². The SMILES string of the molecule is CN(C(=O)c1ccc2c(c1)CC[Si](C)(C)C2)c1ccc2c(c1)OC(Br)O2. The third kappa shape index (κ3) is 3.28. The zero-order valence-electron chi connectivity index (χ0n) is 15.2. The molecule has 4 rings (SSSR count). The van der Waals surface area contributed by atoms with Crippen LogP contribution in [0.1, 0.15) is 21.5 Å². The van der Waals surface area contributed by atoms with Crippen LogP contribution in [0.5, 0.6) is 11.5 Å². The molecule has 136 valence electrons. The highest BCUT2D eigenvalue weighted by Gasteiger charge is 2.28. The minimum absolute atomic E-state index is 0.0101. The van der Waals surface area contributed by atoms with E-state index in [0.717, 1.165) is 17.7 Å². The first-order chi connectivity index (χ1) is 12.3. The van der Waals surface area contributed by atoms with Crippen molar-refractivity contribution in [1.82, 2.24) is 0 Å². The molecule has 0 spiro atoms. The first kappa shape index (κ1) is 17.6. The molecule has 0 N–H and O–H groups in total. The van der Waals surface area contributed by atoms with Crippen LogP contribution >= 0.6 is 15.9 Å². The summed E-state index contributed by atoms with van der Waals surface area (Å²) in [5, 5.41) is -0.470. The number of carbonyl (C=O) groups is 1. The monoisotopic (exact) mass is 431 g/mol. The molecular formula is C20H22BrNO3Si. The van der Waals surface area contributed by atoms with Crippen LogP contribution in [0.25, 0.3) is 0 Å². The summed E-state index contributed by atoms with van der Waals surface area (Å²) in [6.45, 7) is 4.89. The Balaban J connectivity index is 1.57. The maximum atomic E-state index is 13.0. The highest BCUT2D eigenvalue weighted by Crippen LogP contribution is 2.39. The molecule has 26 heavy (non-hydrogen) atoms. The lowest BCUT2D eigenvalue weighted by Crippen LogP contribution is -2.34. The molecule has 0 bridgehead atoms. The number of ether oxygens (including phenoxy) is 2. The number of aryl methyl sites for hydroxylation is 1. The van der Waals surface area contributed by atoms with Gasteiger partial charge in [-0.1, -0.05) is 25.2 Å². The van der Waals surface area contributed by atoms with E-state index in [4.69, 9.17) is 9.47 Å². The van der Waals surface area contributed by atoms with E-state index in [9.17, 15) is 4.79 Å². The summed E-state index contributed by atoms with van der Waals surface area (Å²) in [5.74, 6) is 1.31. The van der Waals surface area contributed by atoms with E-state index in [0.29, 0.717) is 11.5 Å². The Hall–Kier alpha value is -1.79. The Morgan fingerprint density at radius 2 is 1.88 bits per heavy atom. The molecule has 2 aromatic carbocycles. The summed E-state index contributed by atoms with van der Waals surface area (Å²) >= 11 is 3.27. The summed E-state index contributed by atoms with van der Waals surface area (Å²) in [7, 11) is 0.691. The van der Waals surface area contributed by atoms with Crippen molar-refractivity contribution in [2.75, 3.05) is 11.9 Å². The van der Waals surface area contributed by atoms with Gasteiger partial charge in [-0.2, -0.15) is 0 Å². The normalized spacial score (nSPS) is 19.8. The molecule has 2 aliphatic rings. The van der Waals surface area contributed by atoms with E-state index in [1.807, 2.05) is 24.3 Å². The van der Waals surface area contributed by atoms with Gasteiger partial charge in [0.1, 0.15) is 0 Å². The molecule has 0 aromatic heterocycles. The smallest absolute Gasteiger partial charge is 0.298 e. The van der Waals surface area contributed by atoms with Crippen molar-refractivity contribution in [2.24, 2.45) is 0 Å². The van der Waals surface area contributed by atoms with Gasteiger partial charge >= 0.3 is 0 Å². The fourth-order valence-corrected chi connectivity index (χ4v) is 6.57. The standard InChI is InChI=1S/C20H22BrNO3Si/c1-22(16-6-7-17-18(11-16)25-20(21)24-17)19(23)14-4-5-15-12-26(2,3)9-8-13(15)10-14/h4-7,10-11,20H,8-9,12H2,1-3H3. The Morgan fingerprint density at radius 1 is 1.12 bits per heavy atom. The zero-order chi connectivity index (χ0) is 18.5. The first-order valence-corrected chi connectivity index (χ1v) is 13.2. The van der Waals surface area contributed by atoms with Crippen LogP contribution in [-0.2, 0) is 12.5 Å². The number of carbonyl (C=O) groups excluding carboxylic acids is 1. The number of halogens is 1. The number of hydrogen-bond donors (Lipinski definition) is 0. The average molecular weight is 432 g/mol. The Labute approximate surface area is 163 Å². The molecule has 0 aliphatic carbocycles. The Morgan fingerprint density at radius 3 is 2.69 bits per heavy atom. The average Bonchev–Trinajstić information content (AvgIpc) is 2.98. The van der Waals surface area contributed by atoms with Gasteiger partial charge in [-0.05, 0) is 47.9 Å². The summed E-state index contributed by atoms with van der Waals surface area (Å²) in [6.07, 6.45) is 1.09. The van der Waals surface area contributed by atoms with Crippen LogP contribution in [-0.4, -0.2) is 26.2 Å². The lowest BCUT2D eigenvalue weighted by Gasteiger charge is -2.30. The predicted molar refractivity (Wildman–Crippen MR) is 109 cm³/mol. The number of nitrogens with zero attached hydrogens (tertiary/aromatic N) is 1. The Bertz CT molecular complexity index is 883. The second-order valence-electron chi connectivity index (χ2n) is 7.83. The number of anilines is 1. The number of amides is 1. The highest BCUT2D eigenvalue weighted by atomic mass is 79.9. The van der Waals surface area contributed by atoms with E-state index in [-0.39, 0.29) is 5.91 Å². The summed E-state index contributed by atoms with van der Waals surface area (Å²) in [4.78, 5) is 14.6. The lowest BCUT2D eigenvalue weighted by atomic mass is 10.0. The van der Waals surface area contributed by atoms with Gasteiger partial charge in [0, 0.05) is 40.3 Å². The first-order valence-electron chi connectivity index (χ1n) is 8.84. The fourth-order valence-electron chi connectivity index (χ4n) is 3.67. The molecule has 2 heterocycles. The summed E-state index contributed by atoms with van der Waals surface area (Å²) in [6, 6.07) is 14.2. The van der Waals surface area contributed by atoms with Gasteiger partial charge in [-0.25, -0.2) is 0 Å². The van der Waals surface area contributed by atoms with Gasteiger partial charge in [0.25, 0.3) is 11.1 Å². The van der Waals surface area contributed by atoms with Gasteiger partial charge in [0.15, 0.2) is 11.5 Å². The van der Waals surface area contributed by atoms with Gasteiger partial charge < -0.3 is 14.4 Å². The number of fused-ring (bicyclic) bond motifs is 2. The lowest BCUT2D eigenvalue weighted by molar-refractivity contribution is 0.0993. The molecule has 0 saturated heterocycles. The van der Waals surface area contributed by atoms with Crippen LogP contribution in [0.4, 0.5) is 5.69 Å². The summed E-state index contributed by atoms with van der Waals surface area (Å²) in [5.41, 5.74) is 4.29. The van der Waals surface area contributed by atoms with E-state index in [1.165, 1.54) is 23.2 Å². The number of hydrogen-bond acceptors (Lipinski definition) is 3.